The molecule has 0 bridgehead atoms. The van der Waals surface area contributed by atoms with Crippen LogP contribution in [0.5, 0.6) is 0 Å². The van der Waals surface area contributed by atoms with Gasteiger partial charge < -0.3 is 25.8 Å². The highest BCUT2D eigenvalue weighted by Gasteiger charge is 2.16. The van der Waals surface area contributed by atoms with Gasteiger partial charge in [0, 0.05) is 26.3 Å². The number of hydrogen-bond donors (Lipinski definition) is 3. The predicted molar refractivity (Wildman–Crippen MR) is 60.2 cm³/mol. The van der Waals surface area contributed by atoms with Crippen LogP contribution >= 0.6 is 0 Å². The van der Waals surface area contributed by atoms with E-state index in [1.54, 1.807) is 0 Å². The van der Waals surface area contributed by atoms with Crippen LogP contribution in [0.25, 0.3) is 0 Å². The van der Waals surface area contributed by atoms with E-state index in [-0.39, 0.29) is 12.1 Å². The molecule has 1 saturated heterocycles. The molecule has 2 amide bonds. The summed E-state index contributed by atoms with van der Waals surface area (Å²) in [4.78, 5) is 11.3. The van der Waals surface area contributed by atoms with E-state index in [1.807, 2.05) is 0 Å². The molecule has 1 rings (SSSR count). The third-order valence-electron chi connectivity index (χ3n) is 2.28. The van der Waals surface area contributed by atoms with Gasteiger partial charge >= 0.3 is 6.03 Å². The Hall–Kier alpha value is -0.850. The molecule has 1 aliphatic rings. The Morgan fingerprint density at radius 1 is 1.50 bits per heavy atom. The Kier molecular flexibility index (Phi) is 6.87. The second-order valence-electron chi connectivity index (χ2n) is 3.72. The van der Waals surface area contributed by atoms with E-state index in [1.165, 1.54) is 0 Å². The van der Waals surface area contributed by atoms with Crippen molar-refractivity contribution in [2.24, 2.45) is 5.73 Å². The van der Waals surface area contributed by atoms with Crippen molar-refractivity contribution in [3.8, 4) is 0 Å². The maximum Gasteiger partial charge on any atom is 0.315 e. The molecule has 1 fully saturated rings. The Balaban J connectivity index is 1.89. The van der Waals surface area contributed by atoms with Gasteiger partial charge in [0.25, 0.3) is 0 Å². The molecule has 0 radical (unpaired) electrons. The van der Waals surface area contributed by atoms with Crippen LogP contribution in [-0.2, 0) is 9.47 Å². The smallest absolute Gasteiger partial charge is 0.315 e. The highest BCUT2D eigenvalue weighted by Crippen LogP contribution is 2.02. The predicted octanol–water partition coefficient (Wildman–Crippen LogP) is -0.560. The second-order valence-corrected chi connectivity index (χ2v) is 3.72. The van der Waals surface area contributed by atoms with E-state index in [0.717, 1.165) is 19.4 Å². The summed E-state index contributed by atoms with van der Waals surface area (Å²) in [6.07, 6.45) is 1.70. The van der Waals surface area contributed by atoms with Crippen LogP contribution in [0, 0.1) is 0 Å². The average molecular weight is 231 g/mol. The maximum atomic E-state index is 11.3. The number of nitrogens with one attached hydrogen (secondary N) is 2. The second kappa shape index (κ2) is 8.32. The van der Waals surface area contributed by atoms with Gasteiger partial charge in [0.05, 0.1) is 19.3 Å². The minimum atomic E-state index is -0.130. The molecule has 1 atom stereocenters. The fourth-order valence-electron chi connectivity index (χ4n) is 1.45. The lowest BCUT2D eigenvalue weighted by Gasteiger charge is -2.11. The van der Waals surface area contributed by atoms with Crippen molar-refractivity contribution < 1.29 is 14.3 Å². The minimum Gasteiger partial charge on any atom is -0.380 e. The molecule has 16 heavy (non-hydrogen) atoms. The van der Waals surface area contributed by atoms with Crippen LogP contribution < -0.4 is 16.4 Å². The number of nitrogens with two attached hydrogens (primary N) is 1. The summed E-state index contributed by atoms with van der Waals surface area (Å²) in [5.41, 5.74) is 5.27. The Labute approximate surface area is 95.8 Å². The molecule has 0 aromatic carbocycles. The standard InChI is InChI=1S/C10H21N3O3/c11-3-7-15-5-1-4-12-10(14)13-9-2-6-16-8-9/h9H,1-8,11H2,(H2,12,13,14). The Bertz CT molecular complexity index is 196. The van der Waals surface area contributed by atoms with Gasteiger partial charge in [0.2, 0.25) is 0 Å². The first-order valence-corrected chi connectivity index (χ1v) is 5.73. The molecule has 6 nitrogen and oxygen atoms in total. The molecule has 1 unspecified atom stereocenters. The average Bonchev–Trinajstić information content (AvgIpc) is 2.76. The number of carbonyl (C=O) groups excluding carboxylic acids is 1. The summed E-state index contributed by atoms with van der Waals surface area (Å²) < 4.78 is 10.3. The van der Waals surface area contributed by atoms with E-state index in [4.69, 9.17) is 15.2 Å². The monoisotopic (exact) mass is 231 g/mol. The van der Waals surface area contributed by atoms with Crippen LogP contribution in [0.2, 0.25) is 0 Å². The number of urea groups is 1. The third kappa shape index (κ3) is 5.89. The van der Waals surface area contributed by atoms with E-state index >= 15 is 0 Å². The molecule has 1 aliphatic heterocycles. The molecule has 4 N–H and O–H groups in total. The molecule has 0 aliphatic carbocycles. The lowest BCUT2D eigenvalue weighted by molar-refractivity contribution is 0.139. The van der Waals surface area contributed by atoms with Crippen molar-refractivity contribution in [2.45, 2.75) is 18.9 Å². The number of rotatable bonds is 7. The van der Waals surface area contributed by atoms with Crippen molar-refractivity contribution in [1.82, 2.24) is 10.6 Å². The molecule has 0 saturated carbocycles. The van der Waals surface area contributed by atoms with Crippen molar-refractivity contribution in [3.05, 3.63) is 0 Å². The SMILES string of the molecule is NCCOCCCNC(=O)NC1CCOC1. The van der Waals surface area contributed by atoms with Gasteiger partial charge in [-0.15, -0.1) is 0 Å². The van der Waals surface area contributed by atoms with Crippen LogP contribution in [-0.4, -0.2) is 51.6 Å². The quantitative estimate of drug-likeness (QED) is 0.513. The van der Waals surface area contributed by atoms with Crippen molar-refractivity contribution in [2.75, 3.05) is 39.5 Å². The third-order valence-corrected chi connectivity index (χ3v) is 2.28. The summed E-state index contributed by atoms with van der Waals surface area (Å²) in [6.45, 7) is 3.71. The zero-order valence-corrected chi connectivity index (χ0v) is 9.54. The maximum absolute atomic E-state index is 11.3. The lowest BCUT2D eigenvalue weighted by atomic mass is 10.3. The summed E-state index contributed by atoms with van der Waals surface area (Å²) in [6, 6.07) is 0.0304. The van der Waals surface area contributed by atoms with E-state index in [9.17, 15) is 4.79 Å². The summed E-state index contributed by atoms with van der Waals surface area (Å²) in [5.74, 6) is 0. The van der Waals surface area contributed by atoms with Gasteiger partial charge in [-0.05, 0) is 12.8 Å². The Morgan fingerprint density at radius 2 is 2.38 bits per heavy atom. The van der Waals surface area contributed by atoms with Gasteiger partial charge in [-0.25, -0.2) is 4.79 Å². The summed E-state index contributed by atoms with van der Waals surface area (Å²) in [7, 11) is 0. The zero-order chi connectivity index (χ0) is 11.6. The van der Waals surface area contributed by atoms with Crippen molar-refractivity contribution in [1.29, 1.82) is 0 Å². The largest absolute Gasteiger partial charge is 0.380 e. The van der Waals surface area contributed by atoms with Crippen molar-refractivity contribution in [3.63, 3.8) is 0 Å². The van der Waals surface area contributed by atoms with Crippen molar-refractivity contribution >= 4 is 6.03 Å². The summed E-state index contributed by atoms with van der Waals surface area (Å²) in [5, 5.41) is 5.61. The van der Waals surface area contributed by atoms with E-state index < -0.39 is 0 Å². The molecular weight excluding hydrogens is 210 g/mol. The molecule has 0 spiro atoms. The first-order chi connectivity index (χ1) is 7.83. The zero-order valence-electron chi connectivity index (χ0n) is 9.54. The first-order valence-electron chi connectivity index (χ1n) is 5.73. The Morgan fingerprint density at radius 3 is 3.06 bits per heavy atom. The van der Waals surface area contributed by atoms with Crippen LogP contribution in [0.1, 0.15) is 12.8 Å². The number of ether oxygens (including phenoxy) is 2. The van der Waals surface area contributed by atoms with E-state index in [2.05, 4.69) is 10.6 Å². The van der Waals surface area contributed by atoms with Gasteiger partial charge in [-0.1, -0.05) is 0 Å². The van der Waals surface area contributed by atoms with Crippen LogP contribution in [0.4, 0.5) is 4.79 Å². The van der Waals surface area contributed by atoms with Gasteiger partial charge in [0.1, 0.15) is 0 Å². The number of hydrogen-bond acceptors (Lipinski definition) is 4. The van der Waals surface area contributed by atoms with E-state index in [0.29, 0.717) is 32.9 Å². The highest BCUT2D eigenvalue weighted by molar-refractivity contribution is 5.74. The van der Waals surface area contributed by atoms with Crippen LogP contribution in [0.3, 0.4) is 0 Å². The number of amides is 2. The summed E-state index contributed by atoms with van der Waals surface area (Å²) >= 11 is 0. The molecule has 94 valence electrons. The normalized spacial score (nSPS) is 19.7. The molecular formula is C10H21N3O3. The molecule has 1 heterocycles. The minimum absolute atomic E-state index is 0.130. The number of carbonyl (C=O) groups is 1. The fraction of sp³-hybridized carbons (Fsp3) is 0.900. The topological polar surface area (TPSA) is 85.6 Å². The highest BCUT2D eigenvalue weighted by atomic mass is 16.5. The van der Waals surface area contributed by atoms with Gasteiger partial charge in [-0.2, -0.15) is 0 Å². The first kappa shape index (κ1) is 13.2. The van der Waals surface area contributed by atoms with Gasteiger partial charge in [-0.3, -0.25) is 0 Å². The molecule has 0 aromatic rings. The molecule has 0 aromatic heterocycles. The van der Waals surface area contributed by atoms with Crippen LogP contribution in [0.15, 0.2) is 0 Å². The molecule has 6 heteroatoms. The lowest BCUT2D eigenvalue weighted by Crippen LogP contribution is -2.42. The van der Waals surface area contributed by atoms with Gasteiger partial charge in [0.15, 0.2) is 0 Å². The fourth-order valence-corrected chi connectivity index (χ4v) is 1.45.